The van der Waals surface area contributed by atoms with E-state index in [0.29, 0.717) is 32.0 Å². The lowest BCUT2D eigenvalue weighted by atomic mass is 9.76. The summed E-state index contributed by atoms with van der Waals surface area (Å²) >= 11 is 0. The topological polar surface area (TPSA) is 65.0 Å². The van der Waals surface area contributed by atoms with Crippen LogP contribution in [0.5, 0.6) is 0 Å². The number of carbonyl (C=O) groups is 2. The van der Waals surface area contributed by atoms with E-state index < -0.39 is 5.41 Å². The molecule has 1 aromatic carbocycles. The third-order valence-corrected chi connectivity index (χ3v) is 4.69. The van der Waals surface area contributed by atoms with Crippen LogP contribution >= 0.6 is 0 Å². The molecule has 0 aromatic heterocycles. The van der Waals surface area contributed by atoms with Crippen molar-refractivity contribution in [1.29, 1.82) is 0 Å². The van der Waals surface area contributed by atoms with Crippen LogP contribution in [0.1, 0.15) is 33.1 Å². The summed E-state index contributed by atoms with van der Waals surface area (Å²) in [5.41, 5.74) is 0.323. The number of para-hydroxylation sites is 1. The number of hydrogen-bond acceptors (Lipinski definition) is 4. The Morgan fingerprint density at radius 3 is 2.61 bits per heavy atom. The van der Waals surface area contributed by atoms with E-state index in [1.807, 2.05) is 49.1 Å². The van der Waals surface area contributed by atoms with Gasteiger partial charge in [-0.3, -0.25) is 15.0 Å². The fourth-order valence-corrected chi connectivity index (χ4v) is 3.43. The third-order valence-electron chi connectivity index (χ3n) is 4.69. The molecule has 6 heteroatoms. The Morgan fingerprint density at radius 2 is 1.96 bits per heavy atom. The Bertz CT molecular complexity index is 643. The van der Waals surface area contributed by atoms with Crippen molar-refractivity contribution >= 4 is 23.5 Å². The normalized spacial score (nSPS) is 24.2. The Hall–Kier alpha value is -2.37. The first-order valence-corrected chi connectivity index (χ1v) is 8.10. The second kappa shape index (κ2) is 6.02. The molecule has 3 rings (SSSR count). The van der Waals surface area contributed by atoms with Gasteiger partial charge in [-0.2, -0.15) is 0 Å². The van der Waals surface area contributed by atoms with E-state index in [-0.39, 0.29) is 11.9 Å². The summed E-state index contributed by atoms with van der Waals surface area (Å²) in [6.07, 6.45) is 2.20. The molecule has 1 unspecified atom stereocenters. The van der Waals surface area contributed by atoms with E-state index in [1.54, 1.807) is 4.90 Å². The highest BCUT2D eigenvalue weighted by atomic mass is 16.2. The number of aliphatic imine (C=N–C) groups is 1. The van der Waals surface area contributed by atoms with E-state index in [2.05, 4.69) is 10.3 Å². The summed E-state index contributed by atoms with van der Waals surface area (Å²) in [7, 11) is 0. The summed E-state index contributed by atoms with van der Waals surface area (Å²) in [6, 6.07) is 9.48. The van der Waals surface area contributed by atoms with Gasteiger partial charge in [-0.05, 0) is 25.0 Å². The van der Waals surface area contributed by atoms with E-state index in [4.69, 9.17) is 0 Å². The van der Waals surface area contributed by atoms with Crippen molar-refractivity contribution in [3.63, 3.8) is 0 Å². The van der Waals surface area contributed by atoms with Gasteiger partial charge in [-0.25, -0.2) is 9.79 Å². The number of hydrogen-bond donors (Lipinski definition) is 1. The minimum Gasteiger partial charge on any atom is -0.334 e. The Labute approximate surface area is 136 Å². The average molecular weight is 314 g/mol. The second-order valence-electron chi connectivity index (χ2n) is 6.01. The van der Waals surface area contributed by atoms with Crippen molar-refractivity contribution in [1.82, 2.24) is 10.2 Å². The van der Waals surface area contributed by atoms with Crippen LogP contribution in [-0.4, -0.2) is 36.0 Å². The van der Waals surface area contributed by atoms with Gasteiger partial charge in [0, 0.05) is 5.69 Å². The zero-order valence-corrected chi connectivity index (χ0v) is 13.6. The number of amidine groups is 1. The number of urea groups is 1. The molecule has 1 fully saturated rings. The predicted octanol–water partition coefficient (Wildman–Crippen LogP) is 2.57. The van der Waals surface area contributed by atoms with Gasteiger partial charge in [0.05, 0.1) is 0 Å². The number of imide groups is 1. The van der Waals surface area contributed by atoms with Gasteiger partial charge in [0.25, 0.3) is 0 Å². The van der Waals surface area contributed by atoms with E-state index in [9.17, 15) is 9.59 Å². The van der Waals surface area contributed by atoms with Crippen LogP contribution < -0.4 is 10.2 Å². The Balaban J connectivity index is 1.97. The minimum absolute atomic E-state index is 0.213. The average Bonchev–Trinajstić information content (AvgIpc) is 2.59. The molecule has 0 bridgehead atoms. The summed E-state index contributed by atoms with van der Waals surface area (Å²) in [6.45, 7) is 4.90. The summed E-state index contributed by atoms with van der Waals surface area (Å²) < 4.78 is 0. The molecule has 0 radical (unpaired) electrons. The van der Waals surface area contributed by atoms with Crippen molar-refractivity contribution in [2.45, 2.75) is 33.1 Å². The van der Waals surface area contributed by atoms with Crippen molar-refractivity contribution in [3.8, 4) is 0 Å². The lowest BCUT2D eigenvalue weighted by molar-refractivity contribution is -0.128. The zero-order chi connectivity index (χ0) is 16.4. The van der Waals surface area contributed by atoms with Crippen molar-refractivity contribution in [3.05, 3.63) is 30.3 Å². The largest absolute Gasteiger partial charge is 0.334 e. The molecule has 1 aromatic rings. The summed E-state index contributed by atoms with van der Waals surface area (Å²) in [5, 5.41) is 2.52. The number of nitrogens with one attached hydrogen (secondary N) is 1. The van der Waals surface area contributed by atoms with Gasteiger partial charge in [0.2, 0.25) is 5.91 Å². The fourth-order valence-electron chi connectivity index (χ4n) is 3.43. The van der Waals surface area contributed by atoms with Crippen molar-refractivity contribution < 1.29 is 9.59 Å². The van der Waals surface area contributed by atoms with Crippen LogP contribution in [0.25, 0.3) is 0 Å². The van der Waals surface area contributed by atoms with Gasteiger partial charge in [-0.1, -0.05) is 38.5 Å². The molecule has 3 amide bonds. The second-order valence-corrected chi connectivity index (χ2v) is 6.01. The monoisotopic (exact) mass is 314 g/mol. The molecule has 2 heterocycles. The number of amides is 3. The maximum absolute atomic E-state index is 12.5. The van der Waals surface area contributed by atoms with Gasteiger partial charge in [-0.15, -0.1) is 0 Å². The quantitative estimate of drug-likeness (QED) is 0.929. The smallest absolute Gasteiger partial charge is 0.331 e. The van der Waals surface area contributed by atoms with Crippen LogP contribution in [-0.2, 0) is 4.79 Å². The number of nitrogens with zero attached hydrogens (tertiary/aromatic N) is 3. The molecule has 1 saturated heterocycles. The molecule has 0 aliphatic carbocycles. The van der Waals surface area contributed by atoms with Gasteiger partial charge in [0.1, 0.15) is 24.6 Å². The number of rotatable bonds is 4. The fraction of sp³-hybridized carbons (Fsp3) is 0.471. The first kappa shape index (κ1) is 15.5. The zero-order valence-electron chi connectivity index (χ0n) is 13.6. The molecule has 23 heavy (non-hydrogen) atoms. The lowest BCUT2D eigenvalue weighted by Crippen LogP contribution is -2.67. The molecule has 2 aliphatic rings. The van der Waals surface area contributed by atoms with E-state index in [0.717, 1.165) is 12.1 Å². The number of anilines is 1. The van der Waals surface area contributed by atoms with Crippen LogP contribution in [0.3, 0.4) is 0 Å². The molecule has 1 atom stereocenters. The number of carbonyl (C=O) groups excluding carboxylic acids is 2. The maximum atomic E-state index is 12.5. The highest BCUT2D eigenvalue weighted by molar-refractivity contribution is 6.21. The first-order chi connectivity index (χ1) is 11.1. The number of benzene rings is 1. The summed E-state index contributed by atoms with van der Waals surface area (Å²) in [4.78, 5) is 33.1. The predicted molar refractivity (Wildman–Crippen MR) is 89.1 cm³/mol. The highest BCUT2D eigenvalue weighted by Crippen LogP contribution is 2.36. The molecule has 6 nitrogen and oxygen atoms in total. The molecular weight excluding hydrogens is 292 g/mol. The Morgan fingerprint density at radius 1 is 1.22 bits per heavy atom. The van der Waals surface area contributed by atoms with Crippen LogP contribution in [0.4, 0.5) is 10.5 Å². The van der Waals surface area contributed by atoms with Crippen molar-refractivity contribution in [2.75, 3.05) is 18.2 Å². The summed E-state index contributed by atoms with van der Waals surface area (Å²) in [5.74, 6) is 0.415. The van der Waals surface area contributed by atoms with Crippen molar-refractivity contribution in [2.24, 2.45) is 10.4 Å². The lowest BCUT2D eigenvalue weighted by Gasteiger charge is -2.46. The Kier molecular flexibility index (Phi) is 4.07. The molecule has 1 N–H and O–H groups in total. The van der Waals surface area contributed by atoms with Crippen LogP contribution in [0, 0.1) is 5.41 Å². The SMILES string of the molecule is CCCC1(CC)C(=O)NC(=O)N2CN(c3ccccc3)CN=C21. The first-order valence-electron chi connectivity index (χ1n) is 8.10. The molecule has 2 aliphatic heterocycles. The van der Waals surface area contributed by atoms with E-state index >= 15 is 0 Å². The molecular formula is C17H22N4O2. The van der Waals surface area contributed by atoms with Gasteiger partial charge >= 0.3 is 6.03 Å². The van der Waals surface area contributed by atoms with Crippen LogP contribution in [0.15, 0.2) is 35.3 Å². The molecule has 122 valence electrons. The standard InChI is InChI=1S/C17H22N4O2/c1-3-10-17(4-2)14-18-11-20(13-8-6-5-7-9-13)12-21(14)16(23)19-15(17)22/h5-9H,3-4,10-12H2,1-2H3,(H,19,22,23). The van der Waals surface area contributed by atoms with E-state index in [1.165, 1.54) is 0 Å². The highest BCUT2D eigenvalue weighted by Gasteiger charge is 2.51. The molecule has 0 spiro atoms. The van der Waals surface area contributed by atoms with Gasteiger partial charge < -0.3 is 4.90 Å². The van der Waals surface area contributed by atoms with Crippen LogP contribution in [0.2, 0.25) is 0 Å². The maximum Gasteiger partial charge on any atom is 0.331 e. The molecule has 0 saturated carbocycles. The number of fused-ring (bicyclic) bond motifs is 1. The van der Waals surface area contributed by atoms with Gasteiger partial charge in [0.15, 0.2) is 0 Å². The minimum atomic E-state index is -0.689. The third kappa shape index (κ3) is 2.48.